The molecule has 0 fully saturated rings. The van der Waals surface area contributed by atoms with Crippen molar-refractivity contribution in [2.75, 3.05) is 0 Å². The van der Waals surface area contributed by atoms with Crippen LogP contribution in [0.15, 0.2) is 54.6 Å². The Hall–Kier alpha value is -1.93. The van der Waals surface area contributed by atoms with Crippen LogP contribution in [0.5, 0.6) is 0 Å². The molecule has 0 amide bonds. The summed E-state index contributed by atoms with van der Waals surface area (Å²) in [4.78, 5) is 12.5. The zero-order valence-corrected chi connectivity index (χ0v) is 11.4. The van der Waals surface area contributed by atoms with Gasteiger partial charge < -0.3 is 5.73 Å². The van der Waals surface area contributed by atoms with Gasteiger partial charge in [-0.2, -0.15) is 0 Å². The number of Topliss-reactive ketones (excluding diaryl/α,β-unsaturated/α-hetero) is 1. The topological polar surface area (TPSA) is 43.1 Å². The van der Waals surface area contributed by atoms with Crippen LogP contribution in [0.4, 0.5) is 0 Å². The average Bonchev–Trinajstić information content (AvgIpc) is 2.47. The Labute approximate surface area is 114 Å². The molecule has 2 nitrogen and oxygen atoms in total. The molecule has 2 N–H and O–H groups in total. The third-order valence-corrected chi connectivity index (χ3v) is 3.47. The standard InChI is InChI=1S/C17H19NO/c1-3-13-9-11-14(12-10-13)16(19)17(2,18)15-7-5-4-6-8-15/h4-12H,3,18H2,1-2H3. The van der Waals surface area contributed by atoms with Crippen molar-refractivity contribution in [2.45, 2.75) is 25.8 Å². The van der Waals surface area contributed by atoms with E-state index in [0.29, 0.717) is 5.56 Å². The maximum atomic E-state index is 12.5. The summed E-state index contributed by atoms with van der Waals surface area (Å²) in [5.41, 5.74) is 7.95. The van der Waals surface area contributed by atoms with Crippen molar-refractivity contribution >= 4 is 5.78 Å². The van der Waals surface area contributed by atoms with Gasteiger partial charge in [-0.25, -0.2) is 0 Å². The molecule has 0 radical (unpaired) electrons. The Kier molecular flexibility index (Phi) is 3.82. The zero-order valence-electron chi connectivity index (χ0n) is 11.4. The number of hydrogen-bond donors (Lipinski definition) is 1. The van der Waals surface area contributed by atoms with E-state index >= 15 is 0 Å². The van der Waals surface area contributed by atoms with Gasteiger partial charge in [0.2, 0.25) is 0 Å². The number of aryl methyl sites for hydroxylation is 1. The van der Waals surface area contributed by atoms with E-state index in [2.05, 4.69) is 6.92 Å². The van der Waals surface area contributed by atoms with Crippen LogP contribution in [-0.2, 0) is 12.0 Å². The molecule has 0 saturated heterocycles. The van der Waals surface area contributed by atoms with E-state index in [4.69, 9.17) is 5.73 Å². The lowest BCUT2D eigenvalue weighted by Gasteiger charge is -2.23. The summed E-state index contributed by atoms with van der Waals surface area (Å²) < 4.78 is 0. The number of ketones is 1. The number of benzene rings is 2. The van der Waals surface area contributed by atoms with Gasteiger partial charge in [-0.1, -0.05) is 61.5 Å². The van der Waals surface area contributed by atoms with Gasteiger partial charge in [-0.05, 0) is 24.5 Å². The molecular formula is C17H19NO. The van der Waals surface area contributed by atoms with E-state index in [1.807, 2.05) is 54.6 Å². The molecular weight excluding hydrogens is 234 g/mol. The molecule has 0 aliphatic carbocycles. The van der Waals surface area contributed by atoms with Crippen molar-refractivity contribution in [1.29, 1.82) is 0 Å². The monoisotopic (exact) mass is 253 g/mol. The minimum atomic E-state index is -0.991. The molecule has 2 aromatic carbocycles. The Morgan fingerprint density at radius 2 is 1.63 bits per heavy atom. The summed E-state index contributed by atoms with van der Waals surface area (Å²) in [6.45, 7) is 3.85. The van der Waals surface area contributed by atoms with E-state index in [1.165, 1.54) is 5.56 Å². The molecule has 2 rings (SSSR count). The van der Waals surface area contributed by atoms with Crippen LogP contribution in [-0.4, -0.2) is 5.78 Å². The van der Waals surface area contributed by atoms with Gasteiger partial charge in [0.05, 0.1) is 0 Å². The molecule has 0 aliphatic heterocycles. The van der Waals surface area contributed by atoms with E-state index in [9.17, 15) is 4.79 Å². The first kappa shape index (κ1) is 13.5. The Balaban J connectivity index is 2.32. The van der Waals surface area contributed by atoms with Crippen LogP contribution in [0.1, 0.15) is 35.3 Å². The summed E-state index contributed by atoms with van der Waals surface area (Å²) in [7, 11) is 0. The van der Waals surface area contributed by atoms with Crippen LogP contribution in [0, 0.1) is 0 Å². The van der Waals surface area contributed by atoms with Crippen LogP contribution in [0.2, 0.25) is 0 Å². The first-order valence-electron chi connectivity index (χ1n) is 6.54. The number of nitrogens with two attached hydrogens (primary N) is 1. The molecule has 0 saturated carbocycles. The third kappa shape index (κ3) is 2.74. The highest BCUT2D eigenvalue weighted by Crippen LogP contribution is 2.22. The molecule has 0 aromatic heterocycles. The van der Waals surface area contributed by atoms with Gasteiger partial charge in [-0.15, -0.1) is 0 Å². The lowest BCUT2D eigenvalue weighted by molar-refractivity contribution is 0.0900. The molecule has 0 bridgehead atoms. The van der Waals surface area contributed by atoms with E-state index in [-0.39, 0.29) is 5.78 Å². The van der Waals surface area contributed by atoms with Gasteiger partial charge in [0.1, 0.15) is 5.54 Å². The summed E-state index contributed by atoms with van der Waals surface area (Å²) in [5, 5.41) is 0. The summed E-state index contributed by atoms with van der Waals surface area (Å²) in [6.07, 6.45) is 0.965. The first-order chi connectivity index (χ1) is 9.05. The SMILES string of the molecule is CCc1ccc(C(=O)C(C)(N)c2ccccc2)cc1. The number of rotatable bonds is 4. The summed E-state index contributed by atoms with van der Waals surface area (Å²) >= 11 is 0. The van der Waals surface area contributed by atoms with Gasteiger partial charge in [-0.3, -0.25) is 4.79 Å². The lowest BCUT2D eigenvalue weighted by Crippen LogP contribution is -2.41. The van der Waals surface area contributed by atoms with Gasteiger partial charge >= 0.3 is 0 Å². The summed E-state index contributed by atoms with van der Waals surface area (Å²) in [5.74, 6) is -0.0543. The molecule has 98 valence electrons. The van der Waals surface area contributed by atoms with Crippen molar-refractivity contribution in [1.82, 2.24) is 0 Å². The Morgan fingerprint density at radius 3 is 2.16 bits per heavy atom. The summed E-state index contributed by atoms with van der Waals surface area (Å²) in [6, 6.07) is 17.2. The first-order valence-corrected chi connectivity index (χ1v) is 6.54. The van der Waals surface area contributed by atoms with Crippen molar-refractivity contribution in [2.24, 2.45) is 5.73 Å². The fourth-order valence-electron chi connectivity index (χ4n) is 2.11. The second-order valence-electron chi connectivity index (χ2n) is 4.95. The van der Waals surface area contributed by atoms with Gasteiger partial charge in [0.25, 0.3) is 0 Å². The van der Waals surface area contributed by atoms with Crippen molar-refractivity contribution in [3.8, 4) is 0 Å². The lowest BCUT2D eigenvalue weighted by atomic mass is 9.85. The highest BCUT2D eigenvalue weighted by molar-refractivity contribution is 6.03. The molecule has 0 heterocycles. The maximum Gasteiger partial charge on any atom is 0.186 e. The second kappa shape index (κ2) is 5.37. The highest BCUT2D eigenvalue weighted by atomic mass is 16.1. The number of hydrogen-bond acceptors (Lipinski definition) is 2. The van der Waals surface area contributed by atoms with Crippen LogP contribution >= 0.6 is 0 Å². The maximum absolute atomic E-state index is 12.5. The van der Waals surface area contributed by atoms with Gasteiger partial charge in [0.15, 0.2) is 5.78 Å². The Morgan fingerprint density at radius 1 is 1.05 bits per heavy atom. The molecule has 1 unspecified atom stereocenters. The minimum absolute atomic E-state index is 0.0543. The quantitative estimate of drug-likeness (QED) is 0.849. The zero-order chi connectivity index (χ0) is 13.9. The molecule has 19 heavy (non-hydrogen) atoms. The average molecular weight is 253 g/mol. The molecule has 1 atom stereocenters. The third-order valence-electron chi connectivity index (χ3n) is 3.47. The number of carbonyl (C=O) groups is 1. The van der Waals surface area contributed by atoms with Crippen LogP contribution in [0.3, 0.4) is 0 Å². The van der Waals surface area contributed by atoms with E-state index in [0.717, 1.165) is 12.0 Å². The molecule has 0 spiro atoms. The van der Waals surface area contributed by atoms with Crippen LogP contribution in [0.25, 0.3) is 0 Å². The van der Waals surface area contributed by atoms with Gasteiger partial charge in [0, 0.05) is 5.56 Å². The normalized spacial score (nSPS) is 13.8. The van der Waals surface area contributed by atoms with E-state index < -0.39 is 5.54 Å². The molecule has 0 aliphatic rings. The molecule has 2 heteroatoms. The number of carbonyl (C=O) groups excluding carboxylic acids is 1. The van der Waals surface area contributed by atoms with Crippen molar-refractivity contribution < 1.29 is 4.79 Å². The predicted molar refractivity (Wildman–Crippen MR) is 78.1 cm³/mol. The Bertz CT molecular complexity index is 556. The van der Waals surface area contributed by atoms with Crippen molar-refractivity contribution in [3.05, 3.63) is 71.3 Å². The fourth-order valence-corrected chi connectivity index (χ4v) is 2.11. The predicted octanol–water partition coefficient (Wildman–Crippen LogP) is 3.31. The smallest absolute Gasteiger partial charge is 0.186 e. The highest BCUT2D eigenvalue weighted by Gasteiger charge is 2.30. The van der Waals surface area contributed by atoms with E-state index in [1.54, 1.807) is 6.92 Å². The molecule has 2 aromatic rings. The largest absolute Gasteiger partial charge is 0.315 e. The van der Waals surface area contributed by atoms with Crippen molar-refractivity contribution in [3.63, 3.8) is 0 Å². The second-order valence-corrected chi connectivity index (χ2v) is 4.95. The fraction of sp³-hybridized carbons (Fsp3) is 0.235. The van der Waals surface area contributed by atoms with Crippen LogP contribution < -0.4 is 5.73 Å². The minimum Gasteiger partial charge on any atom is -0.315 e.